The van der Waals surface area contributed by atoms with Gasteiger partial charge in [0.05, 0.1) is 13.0 Å². The average Bonchev–Trinajstić information content (AvgIpc) is 2.84. The van der Waals surface area contributed by atoms with E-state index in [9.17, 15) is 9.90 Å². The van der Waals surface area contributed by atoms with E-state index in [0.29, 0.717) is 18.6 Å². The molecule has 3 aromatic rings. The molecule has 7 heteroatoms. The Morgan fingerprint density at radius 1 is 1.08 bits per heavy atom. The van der Waals surface area contributed by atoms with Crippen LogP contribution in [-0.2, 0) is 17.8 Å². The molecule has 1 fully saturated rings. The fraction of sp³-hybridized carbons (Fsp3) is 0.433. The Morgan fingerprint density at radius 2 is 1.84 bits per heavy atom. The quantitative estimate of drug-likeness (QED) is 0.407. The number of carboxylic acids is 1. The lowest BCUT2D eigenvalue weighted by atomic mass is 9.99. The Labute approximate surface area is 220 Å². The highest BCUT2D eigenvalue weighted by atomic mass is 16.5. The third-order valence-electron chi connectivity index (χ3n) is 6.64. The van der Waals surface area contributed by atoms with Crippen molar-refractivity contribution in [2.24, 2.45) is 5.92 Å². The number of nitrogens with zero attached hydrogens (tertiary/aromatic N) is 4. The first-order valence-electron chi connectivity index (χ1n) is 13.2. The average molecular weight is 503 g/mol. The zero-order valence-corrected chi connectivity index (χ0v) is 22.4. The molecule has 196 valence electrons. The first-order chi connectivity index (χ1) is 17.8. The smallest absolute Gasteiger partial charge is 0.307 e. The number of aromatic nitrogens is 2. The minimum absolute atomic E-state index is 0.0572. The lowest BCUT2D eigenvalue weighted by Gasteiger charge is -2.42. The second kappa shape index (κ2) is 12.2. The van der Waals surface area contributed by atoms with Crippen LogP contribution in [0.2, 0.25) is 0 Å². The third kappa shape index (κ3) is 7.29. The molecule has 0 radical (unpaired) electrons. The molecular weight excluding hydrogens is 464 g/mol. The maximum atomic E-state index is 11.2. The van der Waals surface area contributed by atoms with E-state index in [2.05, 4.69) is 29.7 Å². The van der Waals surface area contributed by atoms with E-state index in [1.54, 1.807) is 0 Å². The number of rotatable bonds is 10. The van der Waals surface area contributed by atoms with Crippen LogP contribution in [0.3, 0.4) is 0 Å². The van der Waals surface area contributed by atoms with Gasteiger partial charge in [-0.2, -0.15) is 0 Å². The molecule has 1 atom stereocenters. The second-order valence-electron chi connectivity index (χ2n) is 10.3. The minimum atomic E-state index is -0.796. The van der Waals surface area contributed by atoms with Crippen LogP contribution in [0.1, 0.15) is 43.9 Å². The molecular formula is C30H38N4O3. The summed E-state index contributed by atoms with van der Waals surface area (Å²) >= 11 is 0. The van der Waals surface area contributed by atoms with Gasteiger partial charge in [-0.05, 0) is 55.0 Å². The zero-order chi connectivity index (χ0) is 26.4. The molecule has 0 unspecified atom stereocenters. The molecule has 1 saturated heterocycles. The van der Waals surface area contributed by atoms with E-state index in [4.69, 9.17) is 14.7 Å². The van der Waals surface area contributed by atoms with Crippen LogP contribution in [0, 0.1) is 12.8 Å². The Balaban J connectivity index is 1.48. The van der Waals surface area contributed by atoms with Crippen molar-refractivity contribution < 1.29 is 14.6 Å². The van der Waals surface area contributed by atoms with Gasteiger partial charge in [0.15, 0.2) is 0 Å². The number of benzene rings is 2. The van der Waals surface area contributed by atoms with Gasteiger partial charge in [0, 0.05) is 50.2 Å². The highest BCUT2D eigenvalue weighted by Gasteiger charge is 2.29. The molecule has 0 bridgehead atoms. The maximum Gasteiger partial charge on any atom is 0.307 e. The van der Waals surface area contributed by atoms with Crippen LogP contribution in [0.25, 0.3) is 11.1 Å². The van der Waals surface area contributed by atoms with Crippen molar-refractivity contribution in [3.8, 4) is 16.9 Å². The van der Waals surface area contributed by atoms with E-state index in [1.165, 1.54) is 5.56 Å². The molecule has 0 amide bonds. The fourth-order valence-corrected chi connectivity index (χ4v) is 5.20. The standard InChI is InChI=1S/C30H38N4O3/c1-5-37-28-8-6-7-25(16-28)26-17-31-30(32-18-26)34-10-9-33(20-27(34)11-21(2)3)19-24-13-22(4)12-23(14-24)15-29(35)36/h6-8,12-14,16-18,21,27H,5,9-11,15,19-20H2,1-4H3,(H,35,36)/t27-/m1/s1. The van der Waals surface area contributed by atoms with Gasteiger partial charge in [0.2, 0.25) is 5.95 Å². The SMILES string of the molecule is CCOc1cccc(-c2cnc(N3CCN(Cc4cc(C)cc(CC(=O)O)c4)C[C@H]3CC(C)C)nc2)c1. The van der Waals surface area contributed by atoms with Gasteiger partial charge in [-0.25, -0.2) is 9.97 Å². The Kier molecular flexibility index (Phi) is 8.77. The Hall–Kier alpha value is -3.45. The monoisotopic (exact) mass is 502 g/mol. The first kappa shape index (κ1) is 26.6. The number of carboxylic acid groups (broad SMARTS) is 1. The molecule has 2 aromatic carbocycles. The maximum absolute atomic E-state index is 11.2. The largest absolute Gasteiger partial charge is 0.494 e. The van der Waals surface area contributed by atoms with Crippen molar-refractivity contribution in [3.05, 3.63) is 71.5 Å². The minimum Gasteiger partial charge on any atom is -0.494 e. The number of hydrogen-bond donors (Lipinski definition) is 1. The molecule has 2 heterocycles. The van der Waals surface area contributed by atoms with Gasteiger partial charge in [0.1, 0.15) is 5.75 Å². The Morgan fingerprint density at radius 3 is 2.54 bits per heavy atom. The van der Waals surface area contributed by atoms with Crippen LogP contribution in [0.15, 0.2) is 54.9 Å². The van der Waals surface area contributed by atoms with Gasteiger partial charge in [-0.15, -0.1) is 0 Å². The van der Waals surface area contributed by atoms with Crippen molar-refractivity contribution in [1.82, 2.24) is 14.9 Å². The van der Waals surface area contributed by atoms with Crippen molar-refractivity contribution in [2.75, 3.05) is 31.1 Å². The summed E-state index contributed by atoms with van der Waals surface area (Å²) in [6.07, 6.45) is 4.92. The lowest BCUT2D eigenvalue weighted by molar-refractivity contribution is -0.136. The number of aryl methyl sites for hydroxylation is 1. The number of anilines is 1. The lowest BCUT2D eigenvalue weighted by Crippen LogP contribution is -2.54. The summed E-state index contributed by atoms with van der Waals surface area (Å²) < 4.78 is 5.64. The summed E-state index contributed by atoms with van der Waals surface area (Å²) in [5.41, 5.74) is 5.15. The molecule has 1 aromatic heterocycles. The van der Waals surface area contributed by atoms with E-state index < -0.39 is 5.97 Å². The second-order valence-corrected chi connectivity index (χ2v) is 10.3. The third-order valence-corrected chi connectivity index (χ3v) is 6.64. The number of piperazine rings is 1. The zero-order valence-electron chi connectivity index (χ0n) is 22.4. The van der Waals surface area contributed by atoms with Crippen LogP contribution >= 0.6 is 0 Å². The summed E-state index contributed by atoms with van der Waals surface area (Å²) in [4.78, 5) is 25.6. The van der Waals surface area contributed by atoms with Crippen LogP contribution in [0.4, 0.5) is 5.95 Å². The Bertz CT molecular complexity index is 1200. The van der Waals surface area contributed by atoms with E-state index in [1.807, 2.05) is 62.6 Å². The molecule has 7 nitrogen and oxygen atoms in total. The molecule has 0 aliphatic carbocycles. The highest BCUT2D eigenvalue weighted by molar-refractivity contribution is 5.70. The number of ether oxygens (including phenoxy) is 1. The van der Waals surface area contributed by atoms with Crippen molar-refractivity contribution >= 4 is 11.9 Å². The highest BCUT2D eigenvalue weighted by Crippen LogP contribution is 2.26. The molecule has 1 N–H and O–H groups in total. The molecule has 1 aliphatic rings. The van der Waals surface area contributed by atoms with Gasteiger partial charge in [-0.1, -0.05) is 49.7 Å². The molecule has 0 spiro atoms. The molecule has 1 aliphatic heterocycles. The fourth-order valence-electron chi connectivity index (χ4n) is 5.20. The van der Waals surface area contributed by atoms with E-state index in [-0.39, 0.29) is 6.42 Å². The van der Waals surface area contributed by atoms with Gasteiger partial charge < -0.3 is 14.7 Å². The van der Waals surface area contributed by atoms with Gasteiger partial charge in [0.25, 0.3) is 0 Å². The summed E-state index contributed by atoms with van der Waals surface area (Å²) in [7, 11) is 0. The normalized spacial score (nSPS) is 16.2. The van der Waals surface area contributed by atoms with Crippen LogP contribution < -0.4 is 9.64 Å². The predicted octanol–water partition coefficient (Wildman–Crippen LogP) is 5.21. The number of carbonyl (C=O) groups is 1. The summed E-state index contributed by atoms with van der Waals surface area (Å²) in [6, 6.07) is 14.5. The van der Waals surface area contributed by atoms with E-state index >= 15 is 0 Å². The predicted molar refractivity (Wildman–Crippen MR) is 147 cm³/mol. The molecule has 0 saturated carbocycles. The van der Waals surface area contributed by atoms with Crippen LogP contribution in [0.5, 0.6) is 5.75 Å². The van der Waals surface area contributed by atoms with Gasteiger partial charge >= 0.3 is 5.97 Å². The molecule has 37 heavy (non-hydrogen) atoms. The summed E-state index contributed by atoms with van der Waals surface area (Å²) in [5, 5.41) is 9.21. The number of aliphatic carboxylic acids is 1. The number of hydrogen-bond acceptors (Lipinski definition) is 6. The summed E-state index contributed by atoms with van der Waals surface area (Å²) in [5.74, 6) is 1.37. The van der Waals surface area contributed by atoms with Crippen molar-refractivity contribution in [1.29, 1.82) is 0 Å². The van der Waals surface area contributed by atoms with Gasteiger partial charge in [-0.3, -0.25) is 9.69 Å². The van der Waals surface area contributed by atoms with Crippen LogP contribution in [-0.4, -0.2) is 58.2 Å². The first-order valence-corrected chi connectivity index (χ1v) is 13.2. The van der Waals surface area contributed by atoms with E-state index in [0.717, 1.165) is 66.6 Å². The molecule has 4 rings (SSSR count). The van der Waals surface area contributed by atoms with Crippen molar-refractivity contribution in [2.45, 2.75) is 53.1 Å². The van der Waals surface area contributed by atoms with Crippen molar-refractivity contribution in [3.63, 3.8) is 0 Å². The topological polar surface area (TPSA) is 78.8 Å². The summed E-state index contributed by atoms with van der Waals surface area (Å²) in [6.45, 7) is 12.6.